The molecule has 1 aromatic carbocycles. The van der Waals surface area contributed by atoms with Gasteiger partial charge in [0, 0.05) is 17.4 Å². The Morgan fingerprint density at radius 3 is 2.56 bits per heavy atom. The van der Waals surface area contributed by atoms with E-state index in [1.54, 1.807) is 0 Å². The van der Waals surface area contributed by atoms with Crippen LogP contribution in [0.15, 0.2) is 24.3 Å². The fraction of sp³-hybridized carbons (Fsp3) is 0.600. The van der Waals surface area contributed by atoms with Crippen LogP contribution < -0.4 is 5.06 Å². The van der Waals surface area contributed by atoms with Crippen molar-refractivity contribution in [3.63, 3.8) is 0 Å². The van der Waals surface area contributed by atoms with Crippen LogP contribution in [0.1, 0.15) is 26.3 Å². The van der Waals surface area contributed by atoms with E-state index < -0.39 is 0 Å². The third-order valence-corrected chi connectivity index (χ3v) is 5.12. The first-order valence-electron chi connectivity index (χ1n) is 6.66. The van der Waals surface area contributed by atoms with Crippen molar-refractivity contribution < 1.29 is 4.84 Å². The molecule has 0 aliphatic carbocycles. The van der Waals surface area contributed by atoms with Gasteiger partial charge in [0.2, 0.25) is 0 Å². The molecule has 0 saturated carbocycles. The van der Waals surface area contributed by atoms with Crippen LogP contribution in [0.2, 0.25) is 0 Å². The number of benzene rings is 1. The van der Waals surface area contributed by atoms with Gasteiger partial charge in [-0.05, 0) is 23.1 Å². The van der Waals surface area contributed by atoms with Gasteiger partial charge < -0.3 is 0 Å². The minimum absolute atomic E-state index is 0.218. The molecule has 0 radical (unpaired) electrons. The van der Waals surface area contributed by atoms with Crippen LogP contribution in [-0.4, -0.2) is 24.2 Å². The zero-order valence-corrected chi connectivity index (χ0v) is 12.2. The highest BCUT2D eigenvalue weighted by Gasteiger charge is 2.39. The molecule has 2 atom stereocenters. The van der Waals surface area contributed by atoms with Gasteiger partial charge in [0.05, 0.1) is 18.3 Å². The summed E-state index contributed by atoms with van der Waals surface area (Å²) in [7, 11) is 0. The van der Waals surface area contributed by atoms with Gasteiger partial charge in [-0.15, -0.1) is 0 Å². The van der Waals surface area contributed by atoms with Crippen molar-refractivity contribution in [3.05, 3.63) is 29.8 Å². The third kappa shape index (κ3) is 2.14. The summed E-state index contributed by atoms with van der Waals surface area (Å²) in [6.07, 6.45) is 0. The maximum absolute atomic E-state index is 5.85. The molecule has 98 valence electrons. The van der Waals surface area contributed by atoms with E-state index in [1.807, 2.05) is 0 Å². The Labute approximate surface area is 114 Å². The van der Waals surface area contributed by atoms with E-state index in [4.69, 9.17) is 4.84 Å². The van der Waals surface area contributed by atoms with E-state index in [1.165, 1.54) is 22.8 Å². The number of hydrogen-bond acceptors (Lipinski definition) is 3. The Morgan fingerprint density at radius 1 is 1.17 bits per heavy atom. The van der Waals surface area contributed by atoms with Crippen LogP contribution in [-0.2, 0) is 10.3 Å². The summed E-state index contributed by atoms with van der Waals surface area (Å²) in [4.78, 5) is 5.85. The summed E-state index contributed by atoms with van der Waals surface area (Å²) in [5, 5.41) is 2.14. The van der Waals surface area contributed by atoms with Crippen LogP contribution in [0.25, 0.3) is 0 Å². The van der Waals surface area contributed by atoms with Crippen LogP contribution in [0, 0.1) is 5.92 Å². The fourth-order valence-electron chi connectivity index (χ4n) is 2.65. The lowest BCUT2D eigenvalue weighted by Gasteiger charge is -2.25. The van der Waals surface area contributed by atoms with Crippen LogP contribution in [0.5, 0.6) is 0 Å². The molecule has 0 bridgehead atoms. The minimum atomic E-state index is 0.218. The number of hydrogen-bond donors (Lipinski definition) is 0. The number of rotatable bonds is 1. The van der Waals surface area contributed by atoms with E-state index in [2.05, 4.69) is 61.9 Å². The van der Waals surface area contributed by atoms with Crippen molar-refractivity contribution >= 4 is 17.4 Å². The smallest absolute Gasteiger partial charge is 0.0805 e. The van der Waals surface area contributed by atoms with E-state index in [0.29, 0.717) is 6.04 Å². The maximum Gasteiger partial charge on any atom is 0.0805 e. The van der Waals surface area contributed by atoms with Crippen molar-refractivity contribution in [3.8, 4) is 0 Å². The molecule has 2 saturated heterocycles. The summed E-state index contributed by atoms with van der Waals surface area (Å²) >= 11 is 2.05. The normalized spacial score (nSPS) is 27.6. The summed E-state index contributed by atoms with van der Waals surface area (Å²) in [5.41, 5.74) is 2.80. The van der Waals surface area contributed by atoms with E-state index in [0.717, 1.165) is 12.5 Å². The van der Waals surface area contributed by atoms with Crippen molar-refractivity contribution in [2.75, 3.05) is 23.2 Å². The van der Waals surface area contributed by atoms with E-state index in [9.17, 15) is 0 Å². The van der Waals surface area contributed by atoms with Gasteiger partial charge in [-0.25, -0.2) is 5.06 Å². The second-order valence-electron chi connectivity index (χ2n) is 6.28. The van der Waals surface area contributed by atoms with Gasteiger partial charge in [0.1, 0.15) is 0 Å². The Hall–Kier alpha value is -0.670. The van der Waals surface area contributed by atoms with Gasteiger partial charge in [0.15, 0.2) is 0 Å². The number of nitrogens with zero attached hydrogens (tertiary/aromatic N) is 1. The van der Waals surface area contributed by atoms with Crippen molar-refractivity contribution in [1.29, 1.82) is 0 Å². The summed E-state index contributed by atoms with van der Waals surface area (Å²) in [6.45, 7) is 7.63. The lowest BCUT2D eigenvalue weighted by atomic mass is 9.87. The highest BCUT2D eigenvalue weighted by Crippen LogP contribution is 2.37. The van der Waals surface area contributed by atoms with Gasteiger partial charge in [0.25, 0.3) is 0 Å². The van der Waals surface area contributed by atoms with Gasteiger partial charge in [-0.3, -0.25) is 4.84 Å². The zero-order chi connectivity index (χ0) is 12.8. The molecule has 3 heteroatoms. The molecular formula is C15H21NOS. The van der Waals surface area contributed by atoms with Gasteiger partial charge in [-0.1, -0.05) is 32.9 Å². The molecule has 18 heavy (non-hydrogen) atoms. The lowest BCUT2D eigenvalue weighted by Crippen LogP contribution is -2.31. The first-order valence-corrected chi connectivity index (χ1v) is 7.81. The van der Waals surface area contributed by atoms with Crippen LogP contribution >= 0.6 is 11.8 Å². The topological polar surface area (TPSA) is 12.5 Å². The molecule has 2 aliphatic heterocycles. The Kier molecular flexibility index (Phi) is 3.07. The molecule has 2 fully saturated rings. The predicted molar refractivity (Wildman–Crippen MR) is 78.2 cm³/mol. The van der Waals surface area contributed by atoms with Crippen molar-refractivity contribution in [1.82, 2.24) is 0 Å². The average Bonchev–Trinajstić information content (AvgIpc) is 2.89. The first kappa shape index (κ1) is 12.4. The first-order chi connectivity index (χ1) is 8.55. The molecule has 0 spiro atoms. The third-order valence-electron chi connectivity index (χ3n) is 3.88. The molecule has 2 nitrogen and oxygen atoms in total. The Balaban J connectivity index is 1.81. The molecule has 2 heterocycles. The molecule has 0 aromatic heterocycles. The molecule has 2 unspecified atom stereocenters. The molecule has 1 aromatic rings. The number of fused-ring (bicyclic) bond motifs is 1. The molecule has 3 rings (SSSR count). The average molecular weight is 263 g/mol. The molecular weight excluding hydrogens is 242 g/mol. The van der Waals surface area contributed by atoms with E-state index in [-0.39, 0.29) is 5.41 Å². The maximum atomic E-state index is 5.85. The van der Waals surface area contributed by atoms with Crippen molar-refractivity contribution in [2.45, 2.75) is 32.2 Å². The fourth-order valence-corrected chi connectivity index (χ4v) is 4.06. The Morgan fingerprint density at radius 2 is 1.89 bits per heavy atom. The quantitative estimate of drug-likeness (QED) is 0.770. The van der Waals surface area contributed by atoms with Crippen molar-refractivity contribution in [2.24, 2.45) is 5.92 Å². The molecule has 2 aliphatic rings. The monoisotopic (exact) mass is 263 g/mol. The van der Waals surface area contributed by atoms with Crippen LogP contribution in [0.4, 0.5) is 5.69 Å². The van der Waals surface area contributed by atoms with E-state index >= 15 is 0 Å². The standard InChI is InChI=1S/C15H21NOS/c1-15(2,3)12-4-6-13(7-5-12)16-14-10-18-9-11(14)8-17-16/h4-7,11,14H,8-10H2,1-3H3. The highest BCUT2D eigenvalue weighted by atomic mass is 32.2. The molecule has 0 amide bonds. The number of hydroxylamine groups is 1. The number of anilines is 1. The van der Waals surface area contributed by atoms with Gasteiger partial charge in [-0.2, -0.15) is 11.8 Å². The summed E-state index contributed by atoms with van der Waals surface area (Å²) in [5.74, 6) is 3.17. The number of thioether (sulfide) groups is 1. The molecule has 0 N–H and O–H groups in total. The largest absolute Gasteiger partial charge is 0.273 e. The minimum Gasteiger partial charge on any atom is -0.273 e. The lowest BCUT2D eigenvalue weighted by molar-refractivity contribution is 0.155. The van der Waals surface area contributed by atoms with Gasteiger partial charge >= 0.3 is 0 Å². The second-order valence-corrected chi connectivity index (χ2v) is 7.36. The summed E-state index contributed by atoms with van der Waals surface area (Å²) < 4.78 is 0. The highest BCUT2D eigenvalue weighted by molar-refractivity contribution is 7.99. The SMILES string of the molecule is CC(C)(C)c1ccc(N2OCC3CSCC32)cc1. The van der Waals surface area contributed by atoms with Crippen LogP contribution in [0.3, 0.4) is 0 Å². The predicted octanol–water partition coefficient (Wildman–Crippen LogP) is 3.47. The second kappa shape index (κ2) is 4.46. The zero-order valence-electron chi connectivity index (χ0n) is 11.3. The Bertz CT molecular complexity index is 423. The summed E-state index contributed by atoms with van der Waals surface area (Å²) in [6, 6.07) is 9.44.